The van der Waals surface area contributed by atoms with Gasteiger partial charge >= 0.3 is 17.9 Å². The molecule has 5 N–H and O–H groups in total. The summed E-state index contributed by atoms with van der Waals surface area (Å²) >= 11 is 12.3. The summed E-state index contributed by atoms with van der Waals surface area (Å²) in [5.41, 5.74) is -0.161. The molecule has 0 aliphatic carbocycles. The summed E-state index contributed by atoms with van der Waals surface area (Å²) in [5.74, 6) is -4.89. The number of amides is 1. The highest BCUT2D eigenvalue weighted by molar-refractivity contribution is 6.32. The van der Waals surface area contributed by atoms with Gasteiger partial charge in [0.25, 0.3) is 17.0 Å². The minimum absolute atomic E-state index is 0.0671. The summed E-state index contributed by atoms with van der Waals surface area (Å²) in [6, 6.07) is 2.56. The van der Waals surface area contributed by atoms with Crippen molar-refractivity contribution in [1.29, 1.82) is 0 Å². The van der Waals surface area contributed by atoms with Crippen LogP contribution in [0.4, 0.5) is 0 Å². The Labute approximate surface area is 318 Å². The molecule has 2 aromatic heterocycles. The van der Waals surface area contributed by atoms with E-state index in [4.69, 9.17) is 52.8 Å². The van der Waals surface area contributed by atoms with E-state index in [2.05, 4.69) is 10.2 Å². The first-order valence-electron chi connectivity index (χ1n) is 17.7. The third kappa shape index (κ3) is 12.7. The Bertz CT molecular complexity index is 1710. The fourth-order valence-electron chi connectivity index (χ4n) is 6.37. The van der Waals surface area contributed by atoms with Gasteiger partial charge in [-0.05, 0) is 84.5 Å². The van der Waals surface area contributed by atoms with Crippen LogP contribution in [0.2, 0.25) is 10.0 Å². The quantitative estimate of drug-likeness (QED) is 0.215. The number of β-amino-alcohol motifs (C(OH)–C–C–N with tert-alkyl or cyclic N) is 1. The van der Waals surface area contributed by atoms with Gasteiger partial charge in [0.1, 0.15) is 11.1 Å². The lowest BCUT2D eigenvalue weighted by Crippen LogP contribution is -2.49. The molecular weight excluding hydrogens is 735 g/mol. The lowest BCUT2D eigenvalue weighted by molar-refractivity contribution is -0.159. The third-order valence-electron chi connectivity index (χ3n) is 9.13. The molecule has 17 heteroatoms. The van der Waals surface area contributed by atoms with E-state index >= 15 is 0 Å². The highest BCUT2D eigenvalue weighted by atomic mass is 35.5. The van der Waals surface area contributed by atoms with E-state index in [1.807, 2.05) is 41.5 Å². The number of carboxylic acids is 3. The number of aliphatic hydroxyl groups is 1. The third-order valence-corrected chi connectivity index (χ3v) is 9.79. The molecule has 2 aliphatic rings. The maximum atomic E-state index is 12.9. The van der Waals surface area contributed by atoms with Crippen LogP contribution < -0.4 is 16.4 Å². The van der Waals surface area contributed by atoms with Gasteiger partial charge in [-0.3, -0.25) is 14.4 Å². The average molecular weight is 788 g/mol. The maximum Gasteiger partial charge on any atom is 0.414 e. The molecule has 0 atom stereocenters. The van der Waals surface area contributed by atoms with Gasteiger partial charge in [-0.1, -0.05) is 37.0 Å². The van der Waals surface area contributed by atoms with Crippen LogP contribution in [0, 0.1) is 5.92 Å². The first-order chi connectivity index (χ1) is 24.8. The van der Waals surface area contributed by atoms with E-state index in [1.54, 1.807) is 4.57 Å². The van der Waals surface area contributed by atoms with Gasteiger partial charge < -0.3 is 44.5 Å². The minimum atomic E-state index is -1.82. The summed E-state index contributed by atoms with van der Waals surface area (Å²) in [6.45, 7) is 15.6. The van der Waals surface area contributed by atoms with E-state index in [-0.39, 0.29) is 34.7 Å². The molecule has 2 aromatic rings. The number of aliphatic carboxylic acids is 2. The van der Waals surface area contributed by atoms with Gasteiger partial charge in [-0.25, -0.2) is 14.4 Å². The van der Waals surface area contributed by atoms with Gasteiger partial charge in [0.15, 0.2) is 0 Å². The van der Waals surface area contributed by atoms with Crippen LogP contribution in [0.1, 0.15) is 111 Å². The SMILES string of the molecule is CCc1c(Cl)cc(C(=O)NCC2CCN(CC3(O)CCOCC3)CC2)c(=O)n1C(C)C.CCc1c(Cl)cc(C(=O)O)c(=O)n1C(C)C.O=C(O)C(=O)O. The summed E-state index contributed by atoms with van der Waals surface area (Å²) in [7, 11) is 0. The number of piperidine rings is 1. The molecule has 0 unspecified atom stereocenters. The van der Waals surface area contributed by atoms with Crippen LogP contribution >= 0.6 is 23.2 Å². The molecule has 0 radical (unpaired) electrons. The number of halogens is 2. The number of nitrogens with one attached hydrogen (secondary N) is 1. The Hall–Kier alpha value is -3.76. The standard InChI is InChI=1S/C23H36ClN3O4.C11H14ClNO3.C2H2O4/c1-4-20-19(24)13-18(22(29)27(20)16(2)3)21(28)25-14-17-5-9-26(10-6-17)15-23(30)7-11-31-12-8-23;1-4-9-8(12)5-7(11(15)16)10(14)13(9)6(2)3;3-1(4)2(5)6/h13,16-17,30H,4-12,14-15H2,1-3H3,(H,25,28);5-6H,4H2,1-3H3,(H,15,16);(H,3,4)(H,5,6). The largest absolute Gasteiger partial charge is 0.477 e. The molecule has 0 spiro atoms. The molecule has 2 aliphatic heterocycles. The fraction of sp³-hybridized carbons (Fsp3) is 0.611. The van der Waals surface area contributed by atoms with Gasteiger partial charge in [-0.2, -0.15) is 0 Å². The smallest absolute Gasteiger partial charge is 0.414 e. The number of carboxylic acid groups (broad SMARTS) is 3. The average Bonchev–Trinajstić information content (AvgIpc) is 3.09. The van der Waals surface area contributed by atoms with E-state index < -0.39 is 29.1 Å². The van der Waals surface area contributed by atoms with E-state index in [0.717, 1.165) is 31.6 Å². The van der Waals surface area contributed by atoms with Crippen LogP contribution in [0.15, 0.2) is 21.7 Å². The van der Waals surface area contributed by atoms with Crippen molar-refractivity contribution in [2.45, 2.75) is 97.8 Å². The Balaban J connectivity index is 0.000000367. The van der Waals surface area contributed by atoms with Crippen LogP contribution in [0.25, 0.3) is 0 Å². The first-order valence-corrected chi connectivity index (χ1v) is 18.4. The van der Waals surface area contributed by atoms with E-state index in [1.165, 1.54) is 16.7 Å². The Morgan fingerprint density at radius 1 is 0.830 bits per heavy atom. The molecule has 0 aromatic carbocycles. The molecule has 0 saturated carbocycles. The number of hydrogen-bond acceptors (Lipinski definition) is 9. The van der Waals surface area contributed by atoms with Gasteiger partial charge in [0.05, 0.1) is 15.6 Å². The zero-order valence-corrected chi connectivity index (χ0v) is 32.6. The molecule has 53 heavy (non-hydrogen) atoms. The van der Waals surface area contributed by atoms with Crippen LogP contribution in [0.5, 0.6) is 0 Å². The normalized spacial score (nSPS) is 15.9. The number of likely N-dealkylation sites (tertiary alicyclic amines) is 1. The Morgan fingerprint density at radius 2 is 1.26 bits per heavy atom. The van der Waals surface area contributed by atoms with Crippen molar-refractivity contribution in [2.75, 3.05) is 39.4 Å². The van der Waals surface area contributed by atoms with E-state index in [9.17, 15) is 24.3 Å². The summed E-state index contributed by atoms with van der Waals surface area (Å²) < 4.78 is 8.42. The minimum Gasteiger partial charge on any atom is -0.477 e. The van der Waals surface area contributed by atoms with Crippen molar-refractivity contribution in [3.8, 4) is 0 Å². The molecule has 296 valence electrons. The molecule has 4 rings (SSSR count). The van der Waals surface area contributed by atoms with Crippen molar-refractivity contribution in [1.82, 2.24) is 19.4 Å². The topological polar surface area (TPSA) is 218 Å². The van der Waals surface area contributed by atoms with Crippen LogP contribution in [-0.4, -0.2) is 103 Å². The maximum absolute atomic E-state index is 12.9. The molecular formula is C36H52Cl2N4O11. The van der Waals surface area contributed by atoms with Crippen LogP contribution in [-0.2, 0) is 27.2 Å². The zero-order chi connectivity index (χ0) is 40.2. The second-order valence-electron chi connectivity index (χ2n) is 13.6. The number of aromatic nitrogens is 2. The Morgan fingerprint density at radius 3 is 1.66 bits per heavy atom. The molecule has 2 fully saturated rings. The van der Waals surface area contributed by atoms with Crippen molar-refractivity contribution >= 4 is 47.0 Å². The van der Waals surface area contributed by atoms with Crippen molar-refractivity contribution in [3.05, 3.63) is 65.4 Å². The van der Waals surface area contributed by atoms with Gasteiger partial charge in [0.2, 0.25) is 0 Å². The van der Waals surface area contributed by atoms with Crippen molar-refractivity contribution in [2.24, 2.45) is 5.92 Å². The zero-order valence-electron chi connectivity index (χ0n) is 31.1. The van der Waals surface area contributed by atoms with Crippen molar-refractivity contribution < 1.29 is 44.3 Å². The van der Waals surface area contributed by atoms with Crippen LogP contribution in [0.3, 0.4) is 0 Å². The second-order valence-corrected chi connectivity index (χ2v) is 14.4. The number of carbonyl (C=O) groups is 4. The Kier molecular flexibility index (Phi) is 17.7. The first kappa shape index (κ1) is 45.4. The highest BCUT2D eigenvalue weighted by Gasteiger charge is 2.33. The molecule has 0 bridgehead atoms. The van der Waals surface area contributed by atoms with E-state index in [0.29, 0.717) is 73.6 Å². The lowest BCUT2D eigenvalue weighted by atomic mass is 9.91. The summed E-state index contributed by atoms with van der Waals surface area (Å²) in [6.07, 6.45) is 4.52. The van der Waals surface area contributed by atoms with Gasteiger partial charge in [-0.15, -0.1) is 0 Å². The van der Waals surface area contributed by atoms with Gasteiger partial charge in [0, 0.05) is 62.6 Å². The van der Waals surface area contributed by atoms with Crippen molar-refractivity contribution in [3.63, 3.8) is 0 Å². The molecule has 1 amide bonds. The summed E-state index contributed by atoms with van der Waals surface area (Å²) in [5, 5.41) is 38.1. The summed E-state index contributed by atoms with van der Waals surface area (Å²) in [4.78, 5) is 69.0. The number of nitrogens with zero attached hydrogens (tertiary/aromatic N) is 3. The molecule has 4 heterocycles. The number of ether oxygens (including phenoxy) is 1. The number of aromatic carboxylic acids is 1. The second kappa shape index (κ2) is 20.6. The predicted octanol–water partition coefficient (Wildman–Crippen LogP) is 4.13. The number of carbonyl (C=O) groups excluding carboxylic acids is 1. The fourth-order valence-corrected chi connectivity index (χ4v) is 7.04. The highest BCUT2D eigenvalue weighted by Crippen LogP contribution is 2.25. The molecule has 15 nitrogen and oxygen atoms in total. The number of rotatable bonds is 10. The number of hydrogen-bond donors (Lipinski definition) is 5. The lowest BCUT2D eigenvalue weighted by Gasteiger charge is -2.39. The number of pyridine rings is 2. The monoisotopic (exact) mass is 786 g/mol. The predicted molar refractivity (Wildman–Crippen MR) is 200 cm³/mol. The molecule has 2 saturated heterocycles.